The highest BCUT2D eigenvalue weighted by Crippen LogP contribution is 2.12. The van der Waals surface area contributed by atoms with Crippen LogP contribution in [0.5, 0.6) is 0 Å². The number of hydrogen-bond acceptors (Lipinski definition) is 4. The average Bonchev–Trinajstić information content (AvgIpc) is 2.90. The first-order valence-corrected chi connectivity index (χ1v) is 7.17. The van der Waals surface area contributed by atoms with E-state index in [1.807, 2.05) is 0 Å². The predicted octanol–water partition coefficient (Wildman–Crippen LogP) is 0.345. The molecule has 6 heteroatoms. The van der Waals surface area contributed by atoms with Gasteiger partial charge in [-0.1, -0.05) is 13.0 Å². The van der Waals surface area contributed by atoms with Gasteiger partial charge < -0.3 is 21.1 Å². The van der Waals surface area contributed by atoms with E-state index in [-0.39, 0.29) is 17.7 Å². The third kappa shape index (κ3) is 4.27. The lowest BCUT2D eigenvalue weighted by molar-refractivity contribution is -0.115. The van der Waals surface area contributed by atoms with E-state index in [9.17, 15) is 14.7 Å². The van der Waals surface area contributed by atoms with E-state index in [4.69, 9.17) is 0 Å². The third-order valence-electron chi connectivity index (χ3n) is 3.56. The van der Waals surface area contributed by atoms with E-state index in [0.717, 1.165) is 0 Å². The number of carbonyl (C=O) groups is 2. The number of aliphatic hydroxyl groups is 1. The molecule has 4 N–H and O–H groups in total. The molecule has 21 heavy (non-hydrogen) atoms. The lowest BCUT2D eigenvalue weighted by atomic mass is 10.1. The Kier molecular flexibility index (Phi) is 5.30. The maximum absolute atomic E-state index is 12.1. The maximum atomic E-state index is 12.1. The Balaban J connectivity index is 1.92. The molecule has 1 fully saturated rings. The Morgan fingerprint density at radius 3 is 2.86 bits per heavy atom. The number of β-amino-alcohol motifs (C(OH)–C–C–N with tert-alkyl or cyclic N) is 1. The summed E-state index contributed by atoms with van der Waals surface area (Å²) in [6, 6.07) is 6.81. The van der Waals surface area contributed by atoms with Crippen LogP contribution in [-0.2, 0) is 4.79 Å². The standard InChI is InChI=1S/C15H21N3O3/c1-2-14(20)18-12-5-3-4-10(6-12)15(21)17-8-11-7-16-9-13(11)19/h3-6,11,13,16,19H,2,7-9H2,1H3,(H,17,21)(H,18,20). The number of nitrogens with one attached hydrogen (secondary N) is 3. The molecule has 1 aromatic rings. The molecule has 2 unspecified atom stereocenters. The van der Waals surface area contributed by atoms with Gasteiger partial charge in [-0.2, -0.15) is 0 Å². The summed E-state index contributed by atoms with van der Waals surface area (Å²) in [5.41, 5.74) is 1.10. The van der Waals surface area contributed by atoms with Crippen LogP contribution in [0.25, 0.3) is 0 Å². The molecule has 1 saturated heterocycles. The van der Waals surface area contributed by atoms with Crippen molar-refractivity contribution in [1.29, 1.82) is 0 Å². The minimum absolute atomic E-state index is 0.0388. The van der Waals surface area contributed by atoms with Crippen LogP contribution in [0.2, 0.25) is 0 Å². The first-order valence-electron chi connectivity index (χ1n) is 7.17. The van der Waals surface area contributed by atoms with Crippen LogP contribution in [0.4, 0.5) is 5.69 Å². The Labute approximate surface area is 123 Å². The van der Waals surface area contributed by atoms with Crippen molar-refractivity contribution in [2.45, 2.75) is 19.4 Å². The van der Waals surface area contributed by atoms with Gasteiger partial charge in [0.05, 0.1) is 6.10 Å². The fourth-order valence-electron chi connectivity index (χ4n) is 2.24. The molecule has 0 aromatic heterocycles. The molecule has 114 valence electrons. The average molecular weight is 291 g/mol. The molecule has 1 aromatic carbocycles. The van der Waals surface area contributed by atoms with E-state index >= 15 is 0 Å². The molecule has 1 aliphatic heterocycles. The van der Waals surface area contributed by atoms with Crippen LogP contribution in [0.15, 0.2) is 24.3 Å². The molecule has 0 bridgehead atoms. The Hall–Kier alpha value is -1.92. The number of amides is 2. The summed E-state index contributed by atoms with van der Waals surface area (Å²) >= 11 is 0. The number of carbonyl (C=O) groups excluding carboxylic acids is 2. The molecular weight excluding hydrogens is 270 g/mol. The first-order chi connectivity index (χ1) is 10.1. The normalized spacial score (nSPS) is 21.0. The van der Waals surface area contributed by atoms with Gasteiger partial charge in [0.25, 0.3) is 5.91 Å². The number of aliphatic hydroxyl groups excluding tert-OH is 1. The molecule has 0 saturated carbocycles. The van der Waals surface area contributed by atoms with Crippen LogP contribution in [0.3, 0.4) is 0 Å². The van der Waals surface area contributed by atoms with Crippen molar-refractivity contribution in [2.24, 2.45) is 5.92 Å². The highest BCUT2D eigenvalue weighted by molar-refractivity contribution is 5.97. The van der Waals surface area contributed by atoms with Gasteiger partial charge in [-0.25, -0.2) is 0 Å². The van der Waals surface area contributed by atoms with Gasteiger partial charge in [-0.3, -0.25) is 9.59 Å². The molecule has 2 rings (SSSR count). The zero-order valence-electron chi connectivity index (χ0n) is 12.1. The molecule has 0 aliphatic carbocycles. The van der Waals surface area contributed by atoms with Crippen molar-refractivity contribution in [1.82, 2.24) is 10.6 Å². The van der Waals surface area contributed by atoms with Crippen LogP contribution < -0.4 is 16.0 Å². The second-order valence-electron chi connectivity index (χ2n) is 5.18. The summed E-state index contributed by atoms with van der Waals surface area (Å²) in [6.07, 6.45) is -0.0244. The number of benzene rings is 1. The summed E-state index contributed by atoms with van der Waals surface area (Å²) in [4.78, 5) is 23.4. The van der Waals surface area contributed by atoms with Gasteiger partial charge in [0.15, 0.2) is 0 Å². The molecule has 6 nitrogen and oxygen atoms in total. The lowest BCUT2D eigenvalue weighted by Crippen LogP contribution is -2.34. The van der Waals surface area contributed by atoms with Crippen molar-refractivity contribution in [3.63, 3.8) is 0 Å². The molecule has 1 heterocycles. The minimum atomic E-state index is -0.416. The maximum Gasteiger partial charge on any atom is 0.251 e. The van der Waals surface area contributed by atoms with Crippen molar-refractivity contribution in [2.75, 3.05) is 25.0 Å². The zero-order valence-corrected chi connectivity index (χ0v) is 12.1. The fourth-order valence-corrected chi connectivity index (χ4v) is 2.24. The predicted molar refractivity (Wildman–Crippen MR) is 80.1 cm³/mol. The van der Waals surface area contributed by atoms with Crippen LogP contribution in [0.1, 0.15) is 23.7 Å². The quantitative estimate of drug-likeness (QED) is 0.630. The second kappa shape index (κ2) is 7.19. The molecule has 2 atom stereocenters. The minimum Gasteiger partial charge on any atom is -0.391 e. The first kappa shape index (κ1) is 15.5. The zero-order chi connectivity index (χ0) is 15.2. The molecular formula is C15H21N3O3. The van der Waals surface area contributed by atoms with Gasteiger partial charge >= 0.3 is 0 Å². The van der Waals surface area contributed by atoms with E-state index in [1.54, 1.807) is 31.2 Å². The third-order valence-corrected chi connectivity index (χ3v) is 3.56. The highest BCUT2D eigenvalue weighted by Gasteiger charge is 2.25. The summed E-state index contributed by atoms with van der Waals surface area (Å²) in [7, 11) is 0. The summed E-state index contributed by atoms with van der Waals surface area (Å²) in [5, 5.41) is 18.3. The SMILES string of the molecule is CCC(=O)Nc1cccc(C(=O)NCC2CNCC2O)c1. The van der Waals surface area contributed by atoms with Crippen LogP contribution in [-0.4, -0.2) is 42.7 Å². The largest absolute Gasteiger partial charge is 0.391 e. The van der Waals surface area contributed by atoms with Gasteiger partial charge in [-0.05, 0) is 18.2 Å². The lowest BCUT2D eigenvalue weighted by Gasteiger charge is -2.14. The van der Waals surface area contributed by atoms with Gasteiger partial charge in [0.1, 0.15) is 0 Å². The molecule has 1 aliphatic rings. The van der Waals surface area contributed by atoms with Crippen molar-refractivity contribution >= 4 is 17.5 Å². The Morgan fingerprint density at radius 2 is 2.19 bits per heavy atom. The molecule has 2 amide bonds. The van der Waals surface area contributed by atoms with Crippen molar-refractivity contribution < 1.29 is 14.7 Å². The molecule has 0 radical (unpaired) electrons. The Bertz CT molecular complexity index is 519. The van der Waals surface area contributed by atoms with E-state index in [0.29, 0.717) is 37.3 Å². The topological polar surface area (TPSA) is 90.5 Å². The smallest absolute Gasteiger partial charge is 0.251 e. The van der Waals surface area contributed by atoms with E-state index < -0.39 is 6.10 Å². The second-order valence-corrected chi connectivity index (χ2v) is 5.18. The summed E-state index contributed by atoms with van der Waals surface area (Å²) in [6.45, 7) is 3.47. The van der Waals surface area contributed by atoms with Gasteiger partial charge in [-0.15, -0.1) is 0 Å². The van der Waals surface area contributed by atoms with E-state index in [2.05, 4.69) is 16.0 Å². The van der Waals surface area contributed by atoms with Crippen LogP contribution in [0, 0.1) is 5.92 Å². The Morgan fingerprint density at radius 1 is 1.38 bits per heavy atom. The number of hydrogen-bond donors (Lipinski definition) is 4. The van der Waals surface area contributed by atoms with Crippen molar-refractivity contribution in [3.05, 3.63) is 29.8 Å². The van der Waals surface area contributed by atoms with Crippen LogP contribution >= 0.6 is 0 Å². The molecule has 0 spiro atoms. The summed E-state index contributed by atoms with van der Waals surface area (Å²) < 4.78 is 0. The van der Waals surface area contributed by atoms with Gasteiger partial charge in [0.2, 0.25) is 5.91 Å². The van der Waals surface area contributed by atoms with Crippen molar-refractivity contribution in [3.8, 4) is 0 Å². The monoisotopic (exact) mass is 291 g/mol. The fraction of sp³-hybridized carbons (Fsp3) is 0.467. The summed E-state index contributed by atoms with van der Waals surface area (Å²) in [5.74, 6) is -0.258. The highest BCUT2D eigenvalue weighted by atomic mass is 16.3. The number of rotatable bonds is 5. The number of anilines is 1. The van der Waals surface area contributed by atoms with E-state index in [1.165, 1.54) is 0 Å². The van der Waals surface area contributed by atoms with Gasteiger partial charge in [0, 0.05) is 43.2 Å².